The van der Waals surface area contributed by atoms with Crippen LogP contribution in [0.5, 0.6) is 5.75 Å². The Morgan fingerprint density at radius 3 is 2.35 bits per heavy atom. The Bertz CT molecular complexity index is 416. The van der Waals surface area contributed by atoms with E-state index in [0.717, 1.165) is 5.56 Å². The van der Waals surface area contributed by atoms with Crippen molar-refractivity contribution in [1.29, 1.82) is 0 Å². The fourth-order valence-corrected chi connectivity index (χ4v) is 2.00. The zero-order valence-electron chi connectivity index (χ0n) is 11.9. The van der Waals surface area contributed by atoms with Gasteiger partial charge in [-0.3, -0.25) is 4.79 Å². The Balaban J connectivity index is 2.43. The molecule has 112 valence electrons. The molecular weight excluding hydrogens is 258 g/mol. The van der Waals surface area contributed by atoms with Crippen molar-refractivity contribution in [2.75, 3.05) is 6.54 Å². The summed E-state index contributed by atoms with van der Waals surface area (Å²) in [4.78, 5) is 11.1. The van der Waals surface area contributed by atoms with Gasteiger partial charge < -0.3 is 20.6 Å². The quantitative estimate of drug-likeness (QED) is 0.578. The first-order valence-corrected chi connectivity index (χ1v) is 6.80. The molecule has 1 rings (SSSR count). The number of rotatable bonds is 8. The first kappa shape index (κ1) is 16.5. The number of carboxylic acids is 1. The molecule has 0 bridgehead atoms. The van der Waals surface area contributed by atoms with Crippen LogP contribution >= 0.6 is 0 Å². The number of carbonyl (C=O) groups is 1. The van der Waals surface area contributed by atoms with Gasteiger partial charge in [-0.15, -0.1) is 0 Å². The van der Waals surface area contributed by atoms with Gasteiger partial charge in [0.15, 0.2) is 0 Å². The molecule has 1 aromatic carbocycles. The highest BCUT2D eigenvalue weighted by Gasteiger charge is 2.19. The normalized spacial score (nSPS) is 14.2. The third-order valence-electron chi connectivity index (χ3n) is 3.01. The number of aliphatic hydroxyl groups excluding tert-OH is 1. The van der Waals surface area contributed by atoms with Crippen LogP contribution in [0.15, 0.2) is 24.3 Å². The molecule has 0 aliphatic carbocycles. The van der Waals surface area contributed by atoms with Crippen LogP contribution in [0.3, 0.4) is 0 Å². The van der Waals surface area contributed by atoms with Gasteiger partial charge in [0.05, 0.1) is 6.10 Å². The lowest BCUT2D eigenvalue weighted by Gasteiger charge is -2.19. The van der Waals surface area contributed by atoms with Crippen molar-refractivity contribution in [3.63, 3.8) is 0 Å². The van der Waals surface area contributed by atoms with E-state index in [2.05, 4.69) is 5.32 Å². The fourth-order valence-electron chi connectivity index (χ4n) is 2.00. The maximum absolute atomic E-state index is 11.1. The molecule has 5 nitrogen and oxygen atoms in total. The van der Waals surface area contributed by atoms with Crippen LogP contribution in [0.4, 0.5) is 0 Å². The molecule has 0 fully saturated rings. The number of benzene rings is 1. The molecule has 0 amide bonds. The number of hydrogen-bond acceptors (Lipinski definition) is 4. The SMILES string of the molecule is CC(C)C[C@@H](NCC(O)Cc1ccc(O)cc1)C(=O)O. The van der Waals surface area contributed by atoms with Crippen LogP contribution in [0.1, 0.15) is 25.8 Å². The first-order chi connectivity index (χ1) is 9.38. The number of phenolic OH excluding ortho intramolecular Hbond substituents is 1. The van der Waals surface area contributed by atoms with Crippen molar-refractivity contribution >= 4 is 5.97 Å². The molecule has 5 heteroatoms. The highest BCUT2D eigenvalue weighted by Crippen LogP contribution is 2.11. The van der Waals surface area contributed by atoms with Gasteiger partial charge in [0, 0.05) is 6.54 Å². The molecule has 0 aromatic heterocycles. The minimum Gasteiger partial charge on any atom is -0.508 e. The van der Waals surface area contributed by atoms with Gasteiger partial charge in [-0.05, 0) is 36.5 Å². The van der Waals surface area contributed by atoms with Crippen molar-refractivity contribution in [3.8, 4) is 5.75 Å². The van der Waals surface area contributed by atoms with Gasteiger partial charge in [0.25, 0.3) is 0 Å². The van der Waals surface area contributed by atoms with Crippen LogP contribution in [0, 0.1) is 5.92 Å². The van der Waals surface area contributed by atoms with E-state index in [4.69, 9.17) is 5.11 Å². The van der Waals surface area contributed by atoms with E-state index in [-0.39, 0.29) is 18.2 Å². The lowest BCUT2D eigenvalue weighted by Crippen LogP contribution is -2.42. The Morgan fingerprint density at radius 2 is 1.85 bits per heavy atom. The topological polar surface area (TPSA) is 89.8 Å². The summed E-state index contributed by atoms with van der Waals surface area (Å²) in [6, 6.07) is 5.97. The predicted octanol–water partition coefficient (Wildman–Crippen LogP) is 1.38. The third kappa shape index (κ3) is 6.04. The van der Waals surface area contributed by atoms with Crippen LogP contribution in [0.2, 0.25) is 0 Å². The number of aliphatic hydroxyl groups is 1. The van der Waals surface area contributed by atoms with E-state index < -0.39 is 18.1 Å². The molecule has 1 aromatic rings. The lowest BCUT2D eigenvalue weighted by molar-refractivity contribution is -0.140. The number of aromatic hydroxyl groups is 1. The van der Waals surface area contributed by atoms with E-state index in [1.807, 2.05) is 13.8 Å². The van der Waals surface area contributed by atoms with Crippen LogP contribution in [-0.2, 0) is 11.2 Å². The van der Waals surface area contributed by atoms with Crippen molar-refractivity contribution in [2.45, 2.75) is 38.8 Å². The first-order valence-electron chi connectivity index (χ1n) is 6.80. The van der Waals surface area contributed by atoms with Crippen molar-refractivity contribution in [2.24, 2.45) is 5.92 Å². The fraction of sp³-hybridized carbons (Fsp3) is 0.533. The number of hydrogen-bond donors (Lipinski definition) is 4. The van der Waals surface area contributed by atoms with E-state index in [1.54, 1.807) is 24.3 Å². The monoisotopic (exact) mass is 281 g/mol. The number of nitrogens with one attached hydrogen (secondary N) is 1. The highest BCUT2D eigenvalue weighted by molar-refractivity contribution is 5.73. The van der Waals surface area contributed by atoms with Gasteiger partial charge in [0.1, 0.15) is 11.8 Å². The standard InChI is InChI=1S/C15H23NO4/c1-10(2)7-14(15(19)20)16-9-13(18)8-11-3-5-12(17)6-4-11/h3-6,10,13-14,16-18H,7-9H2,1-2H3,(H,19,20)/t13?,14-/m1/s1. The second kappa shape index (κ2) is 7.87. The van der Waals surface area contributed by atoms with Gasteiger partial charge in [-0.25, -0.2) is 0 Å². The van der Waals surface area contributed by atoms with E-state index in [9.17, 15) is 15.0 Å². The summed E-state index contributed by atoms with van der Waals surface area (Å²) in [6.45, 7) is 4.15. The average Bonchev–Trinajstić information content (AvgIpc) is 2.36. The summed E-state index contributed by atoms with van der Waals surface area (Å²) >= 11 is 0. The average molecular weight is 281 g/mol. The Morgan fingerprint density at radius 1 is 1.25 bits per heavy atom. The zero-order chi connectivity index (χ0) is 15.1. The van der Waals surface area contributed by atoms with Crippen molar-refractivity contribution in [3.05, 3.63) is 29.8 Å². The molecule has 0 heterocycles. The maximum Gasteiger partial charge on any atom is 0.320 e. The van der Waals surface area contributed by atoms with Crippen LogP contribution in [0.25, 0.3) is 0 Å². The van der Waals surface area contributed by atoms with Crippen molar-refractivity contribution in [1.82, 2.24) is 5.32 Å². The number of aliphatic carboxylic acids is 1. The molecule has 20 heavy (non-hydrogen) atoms. The molecule has 0 aliphatic rings. The minimum absolute atomic E-state index is 0.184. The highest BCUT2D eigenvalue weighted by atomic mass is 16.4. The Hall–Kier alpha value is -1.59. The molecule has 0 aliphatic heterocycles. The maximum atomic E-state index is 11.1. The molecule has 0 radical (unpaired) electrons. The van der Waals surface area contributed by atoms with Gasteiger partial charge >= 0.3 is 5.97 Å². The Labute approximate surface area is 119 Å². The molecule has 0 saturated carbocycles. The zero-order valence-corrected chi connectivity index (χ0v) is 11.9. The Kier molecular flexibility index (Phi) is 6.48. The molecule has 0 saturated heterocycles. The van der Waals surface area contributed by atoms with Gasteiger partial charge in [-0.2, -0.15) is 0 Å². The van der Waals surface area contributed by atoms with E-state index >= 15 is 0 Å². The van der Waals surface area contributed by atoms with Crippen LogP contribution < -0.4 is 5.32 Å². The van der Waals surface area contributed by atoms with Gasteiger partial charge in [-0.1, -0.05) is 26.0 Å². The lowest BCUT2D eigenvalue weighted by atomic mass is 10.0. The second-order valence-corrected chi connectivity index (χ2v) is 5.45. The summed E-state index contributed by atoms with van der Waals surface area (Å²) in [5, 5.41) is 31.1. The molecular formula is C15H23NO4. The number of carboxylic acid groups (broad SMARTS) is 1. The summed E-state index contributed by atoms with van der Waals surface area (Å²) < 4.78 is 0. The summed E-state index contributed by atoms with van der Waals surface area (Å²) in [5.41, 5.74) is 0.896. The van der Waals surface area contributed by atoms with Crippen LogP contribution in [-0.4, -0.2) is 40.0 Å². The van der Waals surface area contributed by atoms with E-state index in [1.165, 1.54) is 0 Å². The van der Waals surface area contributed by atoms with Crippen molar-refractivity contribution < 1.29 is 20.1 Å². The summed E-state index contributed by atoms with van der Waals surface area (Å²) in [5.74, 6) is -0.433. The second-order valence-electron chi connectivity index (χ2n) is 5.45. The minimum atomic E-state index is -0.893. The van der Waals surface area contributed by atoms with Gasteiger partial charge in [0.2, 0.25) is 0 Å². The molecule has 0 spiro atoms. The largest absolute Gasteiger partial charge is 0.508 e. The van der Waals surface area contributed by atoms with E-state index in [0.29, 0.717) is 12.8 Å². The smallest absolute Gasteiger partial charge is 0.320 e. The molecule has 4 N–H and O–H groups in total. The summed E-state index contributed by atoms with van der Waals surface area (Å²) in [7, 11) is 0. The third-order valence-corrected chi connectivity index (χ3v) is 3.01. The summed E-state index contributed by atoms with van der Waals surface area (Å²) in [6.07, 6.45) is 0.288. The molecule has 1 unspecified atom stereocenters. The predicted molar refractivity (Wildman–Crippen MR) is 76.7 cm³/mol. The number of phenols is 1. The molecule has 2 atom stereocenters.